The standard InChI is InChI=1S/C20H25N3O3/c1-15(2)19(20(25)22-14-16-7-6-11-21-13-16)23-18(24)10-12-26-17-8-4-3-5-9-17/h3-9,11,13,15,19H,10,12,14H2,1-2H3,(H,22,25)(H,23,24)/t19-/m0/s1. The summed E-state index contributed by atoms with van der Waals surface area (Å²) in [5.74, 6) is 0.273. The molecule has 2 N–H and O–H groups in total. The Bertz CT molecular complexity index is 690. The van der Waals surface area contributed by atoms with Crippen molar-refractivity contribution in [2.24, 2.45) is 5.92 Å². The second-order valence-corrected chi connectivity index (χ2v) is 6.28. The minimum atomic E-state index is -0.587. The third-order valence-corrected chi connectivity index (χ3v) is 3.80. The van der Waals surface area contributed by atoms with E-state index in [-0.39, 0.29) is 30.8 Å². The van der Waals surface area contributed by atoms with Gasteiger partial charge >= 0.3 is 0 Å². The Kier molecular flexibility index (Phi) is 7.61. The van der Waals surface area contributed by atoms with Gasteiger partial charge in [-0.3, -0.25) is 14.6 Å². The highest BCUT2D eigenvalue weighted by molar-refractivity contribution is 5.87. The van der Waals surface area contributed by atoms with Crippen LogP contribution in [0, 0.1) is 5.92 Å². The van der Waals surface area contributed by atoms with Gasteiger partial charge in [0.2, 0.25) is 11.8 Å². The number of amides is 2. The van der Waals surface area contributed by atoms with Crippen molar-refractivity contribution in [1.29, 1.82) is 0 Å². The average Bonchev–Trinajstić information content (AvgIpc) is 2.65. The summed E-state index contributed by atoms with van der Waals surface area (Å²) in [5, 5.41) is 5.63. The van der Waals surface area contributed by atoms with E-state index in [1.807, 2.05) is 56.3 Å². The lowest BCUT2D eigenvalue weighted by atomic mass is 10.0. The van der Waals surface area contributed by atoms with E-state index in [1.54, 1.807) is 12.4 Å². The summed E-state index contributed by atoms with van der Waals surface area (Å²) in [4.78, 5) is 28.6. The number of para-hydroxylation sites is 1. The molecule has 138 valence electrons. The number of carbonyl (C=O) groups excluding carboxylic acids is 2. The highest BCUT2D eigenvalue weighted by Crippen LogP contribution is 2.09. The van der Waals surface area contributed by atoms with Crippen LogP contribution in [0.15, 0.2) is 54.9 Å². The lowest BCUT2D eigenvalue weighted by Crippen LogP contribution is -2.49. The molecule has 0 bridgehead atoms. The summed E-state index contributed by atoms with van der Waals surface area (Å²) in [6, 6.07) is 12.4. The fourth-order valence-corrected chi connectivity index (χ4v) is 2.36. The van der Waals surface area contributed by atoms with Crippen LogP contribution in [0.3, 0.4) is 0 Å². The van der Waals surface area contributed by atoms with Crippen LogP contribution in [-0.2, 0) is 16.1 Å². The van der Waals surface area contributed by atoms with Crippen LogP contribution in [0.1, 0.15) is 25.8 Å². The topological polar surface area (TPSA) is 80.3 Å². The molecule has 2 aromatic rings. The zero-order valence-corrected chi connectivity index (χ0v) is 15.1. The van der Waals surface area contributed by atoms with Crippen molar-refractivity contribution in [3.63, 3.8) is 0 Å². The molecule has 6 heteroatoms. The smallest absolute Gasteiger partial charge is 0.243 e. The fraction of sp³-hybridized carbons (Fsp3) is 0.350. The Hall–Kier alpha value is -2.89. The van der Waals surface area contributed by atoms with E-state index in [0.29, 0.717) is 6.54 Å². The van der Waals surface area contributed by atoms with Gasteiger partial charge in [-0.2, -0.15) is 0 Å². The molecule has 1 aromatic carbocycles. The monoisotopic (exact) mass is 355 g/mol. The Morgan fingerprint density at radius 1 is 1.12 bits per heavy atom. The quantitative estimate of drug-likeness (QED) is 0.723. The number of nitrogens with one attached hydrogen (secondary N) is 2. The third kappa shape index (κ3) is 6.55. The molecule has 0 radical (unpaired) electrons. The predicted molar refractivity (Wildman–Crippen MR) is 99.4 cm³/mol. The van der Waals surface area contributed by atoms with Gasteiger partial charge in [0.1, 0.15) is 11.8 Å². The third-order valence-electron chi connectivity index (χ3n) is 3.80. The first kappa shape index (κ1) is 19.4. The number of ether oxygens (including phenoxy) is 1. The van der Waals surface area contributed by atoms with Gasteiger partial charge in [0, 0.05) is 18.9 Å². The SMILES string of the molecule is CC(C)[C@H](NC(=O)CCOc1ccccc1)C(=O)NCc1cccnc1. The van der Waals surface area contributed by atoms with E-state index in [1.165, 1.54) is 0 Å². The summed E-state index contributed by atoms with van der Waals surface area (Å²) < 4.78 is 5.52. The molecule has 2 rings (SSSR count). The second kappa shape index (κ2) is 10.2. The summed E-state index contributed by atoms with van der Waals surface area (Å²) in [5.41, 5.74) is 0.908. The van der Waals surface area contributed by atoms with Gasteiger partial charge in [0.15, 0.2) is 0 Å². The van der Waals surface area contributed by atoms with E-state index in [4.69, 9.17) is 4.74 Å². The van der Waals surface area contributed by atoms with E-state index < -0.39 is 6.04 Å². The molecule has 0 fully saturated rings. The molecule has 0 aliphatic rings. The number of hydrogen-bond acceptors (Lipinski definition) is 4. The first-order valence-electron chi connectivity index (χ1n) is 8.70. The predicted octanol–water partition coefficient (Wildman–Crippen LogP) is 2.31. The van der Waals surface area contributed by atoms with Crippen LogP contribution >= 0.6 is 0 Å². The summed E-state index contributed by atoms with van der Waals surface area (Å²) >= 11 is 0. The number of rotatable bonds is 9. The molecule has 0 spiro atoms. The molecule has 0 aliphatic heterocycles. The molecule has 2 amide bonds. The van der Waals surface area contributed by atoms with Gasteiger partial charge in [0.05, 0.1) is 13.0 Å². The molecular weight excluding hydrogens is 330 g/mol. The molecule has 6 nitrogen and oxygen atoms in total. The number of aromatic nitrogens is 1. The van der Waals surface area contributed by atoms with Gasteiger partial charge in [-0.15, -0.1) is 0 Å². The number of hydrogen-bond donors (Lipinski definition) is 2. The van der Waals surface area contributed by atoms with Crippen LogP contribution < -0.4 is 15.4 Å². The maximum absolute atomic E-state index is 12.4. The van der Waals surface area contributed by atoms with Gasteiger partial charge in [-0.05, 0) is 29.7 Å². The van der Waals surface area contributed by atoms with Crippen molar-refractivity contribution in [3.8, 4) is 5.75 Å². The molecule has 26 heavy (non-hydrogen) atoms. The van der Waals surface area contributed by atoms with E-state index >= 15 is 0 Å². The van der Waals surface area contributed by atoms with Gasteiger partial charge in [-0.25, -0.2) is 0 Å². The van der Waals surface area contributed by atoms with E-state index in [0.717, 1.165) is 11.3 Å². The minimum Gasteiger partial charge on any atom is -0.493 e. The molecule has 1 aromatic heterocycles. The summed E-state index contributed by atoms with van der Waals surface area (Å²) in [6.45, 7) is 4.44. The molecular formula is C20H25N3O3. The second-order valence-electron chi connectivity index (χ2n) is 6.28. The first-order chi connectivity index (χ1) is 12.6. The zero-order valence-electron chi connectivity index (χ0n) is 15.1. The Labute approximate surface area is 154 Å². The van der Waals surface area contributed by atoms with Gasteiger partial charge in [-0.1, -0.05) is 38.1 Å². The van der Waals surface area contributed by atoms with Crippen molar-refractivity contribution in [1.82, 2.24) is 15.6 Å². The lowest BCUT2D eigenvalue weighted by molar-refractivity contribution is -0.130. The van der Waals surface area contributed by atoms with Crippen molar-refractivity contribution in [2.45, 2.75) is 32.9 Å². The van der Waals surface area contributed by atoms with Crippen LogP contribution in [-0.4, -0.2) is 29.4 Å². The van der Waals surface area contributed by atoms with E-state index in [9.17, 15) is 9.59 Å². The summed E-state index contributed by atoms with van der Waals surface area (Å²) in [7, 11) is 0. The number of carbonyl (C=O) groups is 2. The molecule has 0 unspecified atom stereocenters. The normalized spacial score (nSPS) is 11.7. The van der Waals surface area contributed by atoms with Crippen LogP contribution in [0.25, 0.3) is 0 Å². The maximum atomic E-state index is 12.4. The first-order valence-corrected chi connectivity index (χ1v) is 8.70. The number of nitrogens with zero attached hydrogens (tertiary/aromatic N) is 1. The number of pyridine rings is 1. The molecule has 0 saturated carbocycles. The lowest BCUT2D eigenvalue weighted by Gasteiger charge is -2.21. The van der Waals surface area contributed by atoms with Crippen molar-refractivity contribution < 1.29 is 14.3 Å². The molecule has 1 atom stereocenters. The highest BCUT2D eigenvalue weighted by atomic mass is 16.5. The fourth-order valence-electron chi connectivity index (χ4n) is 2.36. The Morgan fingerprint density at radius 2 is 1.88 bits per heavy atom. The maximum Gasteiger partial charge on any atom is 0.243 e. The van der Waals surface area contributed by atoms with Crippen molar-refractivity contribution >= 4 is 11.8 Å². The van der Waals surface area contributed by atoms with Crippen LogP contribution in [0.5, 0.6) is 5.75 Å². The average molecular weight is 355 g/mol. The summed E-state index contributed by atoms with van der Waals surface area (Å²) in [6.07, 6.45) is 3.57. The van der Waals surface area contributed by atoms with Crippen LogP contribution in [0.2, 0.25) is 0 Å². The van der Waals surface area contributed by atoms with Gasteiger partial charge in [0.25, 0.3) is 0 Å². The van der Waals surface area contributed by atoms with E-state index in [2.05, 4.69) is 15.6 Å². The highest BCUT2D eigenvalue weighted by Gasteiger charge is 2.23. The minimum absolute atomic E-state index is 0.0251. The van der Waals surface area contributed by atoms with Crippen molar-refractivity contribution in [2.75, 3.05) is 6.61 Å². The molecule has 0 saturated heterocycles. The molecule has 0 aliphatic carbocycles. The molecule has 1 heterocycles. The Morgan fingerprint density at radius 3 is 2.54 bits per heavy atom. The van der Waals surface area contributed by atoms with Gasteiger partial charge < -0.3 is 15.4 Å². The zero-order chi connectivity index (χ0) is 18.8. The van der Waals surface area contributed by atoms with Crippen molar-refractivity contribution in [3.05, 3.63) is 60.4 Å². The number of benzene rings is 1. The van der Waals surface area contributed by atoms with Crippen LogP contribution in [0.4, 0.5) is 0 Å². The largest absolute Gasteiger partial charge is 0.493 e. The Balaban J connectivity index is 1.78.